The molecule has 4 heteroatoms. The predicted octanol–water partition coefficient (Wildman–Crippen LogP) is 3.10. The lowest BCUT2D eigenvalue weighted by atomic mass is 10.0. The average molecular weight is 274 g/mol. The van der Waals surface area contributed by atoms with Gasteiger partial charge < -0.3 is 10.1 Å². The highest BCUT2D eigenvalue weighted by Crippen LogP contribution is 2.30. The van der Waals surface area contributed by atoms with Gasteiger partial charge in [0, 0.05) is 18.3 Å². The quantitative estimate of drug-likeness (QED) is 0.900. The first kappa shape index (κ1) is 13.3. The molecule has 2 amide bonds. The maximum Gasteiger partial charge on any atom is 0.322 e. The van der Waals surface area contributed by atoms with Crippen LogP contribution in [0.5, 0.6) is 5.75 Å². The molecule has 0 bridgehead atoms. The number of anilines is 1. The van der Waals surface area contributed by atoms with Crippen LogP contribution in [0.3, 0.4) is 0 Å². The summed E-state index contributed by atoms with van der Waals surface area (Å²) in [7, 11) is 1.68. The number of nitrogens with zero attached hydrogens (tertiary/aromatic N) is 1. The zero-order chi connectivity index (χ0) is 13.9. The highest BCUT2D eigenvalue weighted by atomic mass is 16.5. The number of hydrogen-bond donors (Lipinski definition) is 1. The minimum absolute atomic E-state index is 0.0583. The molecular formula is C16H22N2O2. The highest BCUT2D eigenvalue weighted by Gasteiger charge is 2.25. The molecule has 1 aliphatic heterocycles. The number of amides is 2. The number of hydrogen-bond acceptors (Lipinski definition) is 2. The normalized spacial score (nSPS) is 18.8. The number of rotatable bonds is 2. The molecule has 0 aromatic heterocycles. The number of ether oxygens (including phenoxy) is 1. The second kappa shape index (κ2) is 5.73. The molecule has 4 nitrogen and oxygen atoms in total. The Morgan fingerprint density at radius 1 is 1.30 bits per heavy atom. The van der Waals surface area contributed by atoms with Gasteiger partial charge in [-0.1, -0.05) is 12.8 Å². The number of fused-ring (bicyclic) bond motifs is 1. The van der Waals surface area contributed by atoms with Gasteiger partial charge in [0.1, 0.15) is 5.75 Å². The van der Waals surface area contributed by atoms with E-state index in [9.17, 15) is 4.79 Å². The van der Waals surface area contributed by atoms with E-state index in [-0.39, 0.29) is 6.03 Å². The van der Waals surface area contributed by atoms with E-state index in [1.165, 1.54) is 18.4 Å². The first-order valence-electron chi connectivity index (χ1n) is 7.53. The summed E-state index contributed by atoms with van der Waals surface area (Å²) in [5.74, 6) is 0.863. The van der Waals surface area contributed by atoms with Crippen LogP contribution in [0.1, 0.15) is 37.7 Å². The van der Waals surface area contributed by atoms with E-state index in [1.807, 2.05) is 23.1 Å². The van der Waals surface area contributed by atoms with Crippen molar-refractivity contribution in [3.8, 4) is 5.75 Å². The Morgan fingerprint density at radius 3 is 2.85 bits per heavy atom. The number of carbonyl (C=O) groups excluding carboxylic acids is 1. The summed E-state index contributed by atoms with van der Waals surface area (Å²) in [4.78, 5) is 14.3. The van der Waals surface area contributed by atoms with Crippen LogP contribution in [0.15, 0.2) is 18.2 Å². The van der Waals surface area contributed by atoms with Gasteiger partial charge in [-0.05, 0) is 49.4 Å². The number of methoxy groups -OCH3 is 1. The monoisotopic (exact) mass is 274 g/mol. The number of benzene rings is 1. The molecular weight excluding hydrogens is 252 g/mol. The van der Waals surface area contributed by atoms with Crippen molar-refractivity contribution in [2.45, 2.75) is 44.6 Å². The van der Waals surface area contributed by atoms with E-state index in [1.54, 1.807) is 7.11 Å². The van der Waals surface area contributed by atoms with Crippen LogP contribution in [-0.2, 0) is 6.42 Å². The van der Waals surface area contributed by atoms with Crippen LogP contribution < -0.4 is 15.0 Å². The molecule has 3 rings (SSSR count). The van der Waals surface area contributed by atoms with Gasteiger partial charge in [0.15, 0.2) is 0 Å². The third-order valence-corrected chi connectivity index (χ3v) is 4.33. The van der Waals surface area contributed by atoms with Crippen molar-refractivity contribution in [3.05, 3.63) is 23.8 Å². The van der Waals surface area contributed by atoms with Gasteiger partial charge in [0.25, 0.3) is 0 Å². The third kappa shape index (κ3) is 2.60. The van der Waals surface area contributed by atoms with Crippen molar-refractivity contribution in [1.29, 1.82) is 0 Å². The third-order valence-electron chi connectivity index (χ3n) is 4.33. The number of urea groups is 1. The molecule has 1 aromatic rings. The number of aryl methyl sites for hydroxylation is 1. The Labute approximate surface area is 120 Å². The van der Waals surface area contributed by atoms with Crippen LogP contribution in [0.2, 0.25) is 0 Å². The minimum Gasteiger partial charge on any atom is -0.497 e. The van der Waals surface area contributed by atoms with E-state index in [4.69, 9.17) is 4.74 Å². The van der Waals surface area contributed by atoms with Gasteiger partial charge in [-0.25, -0.2) is 4.79 Å². The Hall–Kier alpha value is -1.71. The van der Waals surface area contributed by atoms with Crippen LogP contribution in [0.4, 0.5) is 10.5 Å². The van der Waals surface area contributed by atoms with Crippen LogP contribution in [-0.4, -0.2) is 25.7 Å². The fraction of sp³-hybridized carbons (Fsp3) is 0.562. The van der Waals surface area contributed by atoms with Gasteiger partial charge in [-0.3, -0.25) is 4.90 Å². The Bertz CT molecular complexity index is 495. The summed E-state index contributed by atoms with van der Waals surface area (Å²) in [6.07, 6.45) is 6.74. The van der Waals surface area contributed by atoms with Crippen molar-refractivity contribution in [1.82, 2.24) is 5.32 Å². The van der Waals surface area contributed by atoms with Crippen molar-refractivity contribution < 1.29 is 9.53 Å². The topological polar surface area (TPSA) is 41.6 Å². The molecule has 1 N–H and O–H groups in total. The van der Waals surface area contributed by atoms with Gasteiger partial charge in [0.05, 0.1) is 7.11 Å². The maximum atomic E-state index is 12.5. The molecule has 108 valence electrons. The minimum atomic E-state index is 0.0583. The molecule has 1 aliphatic carbocycles. The fourth-order valence-electron chi connectivity index (χ4n) is 3.23. The lowest BCUT2D eigenvalue weighted by Crippen LogP contribution is -2.46. The predicted molar refractivity (Wildman–Crippen MR) is 79.4 cm³/mol. The van der Waals surface area contributed by atoms with Gasteiger partial charge in [0.2, 0.25) is 0 Å². The molecule has 1 saturated carbocycles. The summed E-state index contributed by atoms with van der Waals surface area (Å²) in [6, 6.07) is 6.40. The van der Waals surface area contributed by atoms with Crippen LogP contribution in [0.25, 0.3) is 0 Å². The Morgan fingerprint density at radius 2 is 2.10 bits per heavy atom. The number of nitrogens with one attached hydrogen (secondary N) is 1. The van der Waals surface area contributed by atoms with E-state index in [0.717, 1.165) is 43.7 Å². The smallest absolute Gasteiger partial charge is 0.322 e. The average Bonchev–Trinajstić information content (AvgIpc) is 2.98. The lowest BCUT2D eigenvalue weighted by molar-refractivity contribution is 0.242. The maximum absolute atomic E-state index is 12.5. The fourth-order valence-corrected chi connectivity index (χ4v) is 3.23. The van der Waals surface area contributed by atoms with E-state index < -0.39 is 0 Å². The SMILES string of the molecule is COc1ccc2c(c1)CCCN2C(=O)NC1CCCC1. The number of carbonyl (C=O) groups is 1. The summed E-state index contributed by atoms with van der Waals surface area (Å²) >= 11 is 0. The summed E-state index contributed by atoms with van der Waals surface area (Å²) in [5, 5.41) is 3.17. The molecule has 0 atom stereocenters. The van der Waals surface area contributed by atoms with Crippen LogP contribution in [0, 0.1) is 0 Å². The van der Waals surface area contributed by atoms with Gasteiger partial charge >= 0.3 is 6.03 Å². The molecule has 1 fully saturated rings. The molecule has 1 heterocycles. The largest absolute Gasteiger partial charge is 0.497 e. The zero-order valence-electron chi connectivity index (χ0n) is 12.0. The molecule has 0 radical (unpaired) electrons. The van der Waals surface area contributed by atoms with E-state index in [0.29, 0.717) is 6.04 Å². The van der Waals surface area contributed by atoms with Crippen molar-refractivity contribution in [2.75, 3.05) is 18.6 Å². The Balaban J connectivity index is 1.76. The molecule has 1 aromatic carbocycles. The first-order chi connectivity index (χ1) is 9.78. The second-order valence-corrected chi connectivity index (χ2v) is 5.68. The molecule has 0 spiro atoms. The molecule has 2 aliphatic rings. The summed E-state index contributed by atoms with van der Waals surface area (Å²) < 4.78 is 5.26. The highest BCUT2D eigenvalue weighted by molar-refractivity contribution is 5.93. The summed E-state index contributed by atoms with van der Waals surface area (Å²) in [6.45, 7) is 0.803. The van der Waals surface area contributed by atoms with Gasteiger partial charge in [-0.2, -0.15) is 0 Å². The zero-order valence-corrected chi connectivity index (χ0v) is 12.0. The molecule has 0 unspecified atom stereocenters. The van der Waals surface area contributed by atoms with Gasteiger partial charge in [-0.15, -0.1) is 0 Å². The van der Waals surface area contributed by atoms with Crippen molar-refractivity contribution in [3.63, 3.8) is 0 Å². The second-order valence-electron chi connectivity index (χ2n) is 5.68. The molecule has 20 heavy (non-hydrogen) atoms. The van der Waals surface area contributed by atoms with E-state index in [2.05, 4.69) is 5.32 Å². The first-order valence-corrected chi connectivity index (χ1v) is 7.53. The lowest BCUT2D eigenvalue weighted by Gasteiger charge is -2.31. The van der Waals surface area contributed by atoms with Crippen molar-refractivity contribution >= 4 is 11.7 Å². The molecule has 0 saturated heterocycles. The summed E-state index contributed by atoms with van der Waals surface area (Å²) in [5.41, 5.74) is 2.24. The standard InChI is InChI=1S/C16H22N2O2/c1-20-14-8-9-15-12(11-14)5-4-10-18(15)16(19)17-13-6-2-3-7-13/h8-9,11,13H,2-7,10H2,1H3,(H,17,19). The Kier molecular flexibility index (Phi) is 3.81. The van der Waals surface area contributed by atoms with E-state index >= 15 is 0 Å². The van der Waals surface area contributed by atoms with Crippen LogP contribution >= 0.6 is 0 Å². The van der Waals surface area contributed by atoms with Crippen molar-refractivity contribution in [2.24, 2.45) is 0 Å².